The van der Waals surface area contributed by atoms with Crippen LogP contribution in [0.2, 0.25) is 0 Å². The van der Waals surface area contributed by atoms with Crippen molar-refractivity contribution in [2.45, 2.75) is 44.6 Å². The van der Waals surface area contributed by atoms with Gasteiger partial charge in [0, 0.05) is 18.2 Å². The first-order valence-electron chi connectivity index (χ1n) is 7.96. The summed E-state index contributed by atoms with van der Waals surface area (Å²) >= 11 is 0. The molecule has 9 heteroatoms. The van der Waals surface area contributed by atoms with Gasteiger partial charge >= 0.3 is 5.97 Å². The topological polar surface area (TPSA) is 92.8 Å². The summed E-state index contributed by atoms with van der Waals surface area (Å²) in [4.78, 5) is 22.6. The molecule has 1 aliphatic rings. The third-order valence-corrected chi connectivity index (χ3v) is 5.84. The van der Waals surface area contributed by atoms with E-state index in [1.807, 2.05) is 0 Å². The number of hydrogen-bond acceptors (Lipinski definition) is 5. The molecule has 0 spiro atoms. The molecule has 2 rings (SSSR count). The molecule has 0 fully saturated rings. The van der Waals surface area contributed by atoms with Crippen molar-refractivity contribution >= 4 is 27.6 Å². The zero-order chi connectivity index (χ0) is 18.8. The van der Waals surface area contributed by atoms with E-state index in [0.717, 1.165) is 10.4 Å². The van der Waals surface area contributed by atoms with Crippen molar-refractivity contribution < 1.29 is 27.1 Å². The Kier molecular flexibility index (Phi) is 5.79. The van der Waals surface area contributed by atoms with Gasteiger partial charge in [-0.15, -0.1) is 0 Å². The van der Waals surface area contributed by atoms with Gasteiger partial charge in [0.15, 0.2) is 0 Å². The molecule has 1 aromatic rings. The summed E-state index contributed by atoms with van der Waals surface area (Å²) in [6.07, 6.45) is 0.526. The van der Waals surface area contributed by atoms with Crippen molar-refractivity contribution in [3.8, 4) is 0 Å². The maximum Gasteiger partial charge on any atom is 0.321 e. The zero-order valence-electron chi connectivity index (χ0n) is 14.3. The fraction of sp³-hybridized carbons (Fsp3) is 0.500. The Morgan fingerprint density at radius 2 is 2.04 bits per heavy atom. The Labute approximate surface area is 146 Å². The minimum atomic E-state index is -4.25. The molecule has 1 amide bonds. The highest BCUT2D eigenvalue weighted by atomic mass is 32.2. The molecule has 25 heavy (non-hydrogen) atoms. The smallest absolute Gasteiger partial charge is 0.321 e. The minimum absolute atomic E-state index is 0.123. The molecule has 7 nitrogen and oxygen atoms in total. The maximum atomic E-state index is 14.4. The van der Waals surface area contributed by atoms with E-state index in [1.165, 1.54) is 6.07 Å². The van der Waals surface area contributed by atoms with Gasteiger partial charge in [0.05, 0.1) is 6.61 Å². The van der Waals surface area contributed by atoms with Gasteiger partial charge in [0.25, 0.3) is 0 Å². The average molecular weight is 372 g/mol. The largest absolute Gasteiger partial charge is 0.465 e. The molecule has 0 unspecified atom stereocenters. The molecule has 0 radical (unpaired) electrons. The number of amides is 1. The van der Waals surface area contributed by atoms with Crippen LogP contribution in [0.1, 0.15) is 32.8 Å². The standard InChI is InChI=1S/C16H21FN2O5S/c1-4-24-16(21)9-19(10(2)3)25(22,23)14-7-11-5-6-15(20)18-13(11)8-12(14)17/h7-8,10H,4-6,9H2,1-3H3,(H,18,20). The first-order chi connectivity index (χ1) is 11.7. The number of aryl methyl sites for hydroxylation is 1. The van der Waals surface area contributed by atoms with Crippen molar-refractivity contribution in [1.29, 1.82) is 0 Å². The fourth-order valence-electron chi connectivity index (χ4n) is 2.58. The number of fused-ring (bicyclic) bond motifs is 1. The van der Waals surface area contributed by atoms with Crippen molar-refractivity contribution in [1.82, 2.24) is 4.31 Å². The summed E-state index contributed by atoms with van der Waals surface area (Å²) < 4.78 is 45.9. The van der Waals surface area contributed by atoms with Crippen LogP contribution in [0, 0.1) is 5.82 Å². The maximum absolute atomic E-state index is 14.4. The third-order valence-electron chi connectivity index (χ3n) is 3.81. The van der Waals surface area contributed by atoms with Crippen molar-refractivity contribution in [2.24, 2.45) is 0 Å². The van der Waals surface area contributed by atoms with Crippen LogP contribution in [-0.4, -0.2) is 43.8 Å². The number of rotatable bonds is 6. The quantitative estimate of drug-likeness (QED) is 0.767. The van der Waals surface area contributed by atoms with E-state index in [-0.39, 0.29) is 24.6 Å². The summed E-state index contributed by atoms with van der Waals surface area (Å²) in [7, 11) is -4.25. The predicted molar refractivity (Wildman–Crippen MR) is 89.0 cm³/mol. The van der Waals surface area contributed by atoms with Gasteiger partial charge in [-0.05, 0) is 44.9 Å². The number of sulfonamides is 1. The average Bonchev–Trinajstić information content (AvgIpc) is 2.51. The summed E-state index contributed by atoms with van der Waals surface area (Å²) in [5, 5.41) is 2.52. The highest BCUT2D eigenvalue weighted by Crippen LogP contribution is 2.30. The van der Waals surface area contributed by atoms with Crippen molar-refractivity contribution in [3.05, 3.63) is 23.5 Å². The molecule has 0 atom stereocenters. The number of nitrogens with one attached hydrogen (secondary N) is 1. The summed E-state index contributed by atoms with van der Waals surface area (Å²) in [6, 6.07) is 1.66. The highest BCUT2D eigenvalue weighted by molar-refractivity contribution is 7.89. The molecule has 0 bridgehead atoms. The molecular formula is C16H21FN2O5S. The van der Waals surface area contributed by atoms with E-state index in [4.69, 9.17) is 4.74 Å². The van der Waals surface area contributed by atoms with Crippen LogP contribution >= 0.6 is 0 Å². The van der Waals surface area contributed by atoms with E-state index in [2.05, 4.69) is 5.32 Å². The number of halogens is 1. The summed E-state index contributed by atoms with van der Waals surface area (Å²) in [5.74, 6) is -1.92. The lowest BCUT2D eigenvalue weighted by Gasteiger charge is -2.26. The van der Waals surface area contributed by atoms with Crippen LogP contribution in [0.4, 0.5) is 10.1 Å². The Bertz CT molecular complexity index is 792. The molecule has 0 aromatic heterocycles. The third kappa shape index (κ3) is 4.16. The number of ether oxygens (including phenoxy) is 1. The minimum Gasteiger partial charge on any atom is -0.465 e. The summed E-state index contributed by atoms with van der Waals surface area (Å²) in [6.45, 7) is 4.42. The van der Waals surface area contributed by atoms with Crippen LogP contribution in [-0.2, 0) is 30.8 Å². The Balaban J connectivity index is 2.43. The zero-order valence-corrected chi connectivity index (χ0v) is 15.2. The number of anilines is 1. The van der Waals surface area contributed by atoms with E-state index < -0.39 is 39.3 Å². The monoisotopic (exact) mass is 372 g/mol. The lowest BCUT2D eigenvalue weighted by atomic mass is 10.0. The number of esters is 1. The number of carbonyl (C=O) groups excluding carboxylic acids is 2. The number of hydrogen-bond donors (Lipinski definition) is 1. The van der Waals surface area contributed by atoms with Gasteiger partial charge in [-0.25, -0.2) is 12.8 Å². The fourth-order valence-corrected chi connectivity index (χ4v) is 4.26. The van der Waals surface area contributed by atoms with Gasteiger partial charge < -0.3 is 10.1 Å². The normalized spacial score (nSPS) is 14.4. The van der Waals surface area contributed by atoms with Gasteiger partial charge in [-0.3, -0.25) is 9.59 Å². The SMILES string of the molecule is CCOC(=O)CN(C(C)C)S(=O)(=O)c1cc2c(cc1F)NC(=O)CC2. The van der Waals surface area contributed by atoms with Crippen molar-refractivity contribution in [2.75, 3.05) is 18.5 Å². The van der Waals surface area contributed by atoms with Crippen LogP contribution in [0.25, 0.3) is 0 Å². The second-order valence-electron chi connectivity index (χ2n) is 5.94. The molecule has 1 heterocycles. The van der Waals surface area contributed by atoms with E-state index in [9.17, 15) is 22.4 Å². The molecule has 1 aromatic carbocycles. The number of nitrogens with zero attached hydrogens (tertiary/aromatic N) is 1. The van der Waals surface area contributed by atoms with Gasteiger partial charge in [0.2, 0.25) is 15.9 Å². The Morgan fingerprint density at radius 1 is 1.36 bits per heavy atom. The van der Waals surface area contributed by atoms with E-state index in [0.29, 0.717) is 12.0 Å². The first-order valence-corrected chi connectivity index (χ1v) is 9.40. The highest BCUT2D eigenvalue weighted by Gasteiger charge is 2.33. The second kappa shape index (κ2) is 7.49. The van der Waals surface area contributed by atoms with Gasteiger partial charge in [-0.1, -0.05) is 0 Å². The molecular weight excluding hydrogens is 351 g/mol. The molecule has 138 valence electrons. The Morgan fingerprint density at radius 3 is 2.64 bits per heavy atom. The second-order valence-corrected chi connectivity index (χ2v) is 7.80. The number of carbonyl (C=O) groups is 2. The molecule has 0 saturated heterocycles. The lowest BCUT2D eigenvalue weighted by molar-refractivity contribution is -0.143. The van der Waals surface area contributed by atoms with E-state index in [1.54, 1.807) is 20.8 Å². The molecule has 0 aliphatic carbocycles. The van der Waals surface area contributed by atoms with Gasteiger partial charge in [0.1, 0.15) is 17.3 Å². The lowest BCUT2D eigenvalue weighted by Crippen LogP contribution is -2.41. The molecule has 1 N–H and O–H groups in total. The van der Waals surface area contributed by atoms with Gasteiger partial charge in [-0.2, -0.15) is 4.31 Å². The summed E-state index contributed by atoms with van der Waals surface area (Å²) in [5.41, 5.74) is 0.814. The predicted octanol–water partition coefficient (Wildman–Crippen LogP) is 1.67. The van der Waals surface area contributed by atoms with Crippen LogP contribution < -0.4 is 5.32 Å². The number of benzene rings is 1. The molecule has 0 saturated carbocycles. The van der Waals surface area contributed by atoms with Crippen LogP contribution in [0.3, 0.4) is 0 Å². The van der Waals surface area contributed by atoms with Crippen molar-refractivity contribution in [3.63, 3.8) is 0 Å². The first kappa shape index (κ1) is 19.3. The Hall–Kier alpha value is -2.00. The molecule has 1 aliphatic heterocycles. The van der Waals surface area contributed by atoms with E-state index >= 15 is 0 Å². The van der Waals surface area contributed by atoms with Crippen LogP contribution in [0.15, 0.2) is 17.0 Å². The van der Waals surface area contributed by atoms with Crippen LogP contribution in [0.5, 0.6) is 0 Å².